The molecule has 2 aromatic rings. The van der Waals surface area contributed by atoms with Crippen molar-refractivity contribution in [2.75, 3.05) is 18.4 Å². The minimum absolute atomic E-state index is 0.0186. The maximum Gasteiger partial charge on any atom is 0.315 e. The van der Waals surface area contributed by atoms with Crippen LogP contribution in [0.3, 0.4) is 0 Å². The van der Waals surface area contributed by atoms with Gasteiger partial charge in [-0.25, -0.2) is 4.79 Å². The molecule has 0 bridgehead atoms. The number of nitro benzene ring substituents is 1. The Bertz CT molecular complexity index is 687. The number of hydrogen-bond donors (Lipinski definition) is 3. The highest BCUT2D eigenvalue weighted by Gasteiger charge is 2.11. The van der Waals surface area contributed by atoms with Crippen molar-refractivity contribution >= 4 is 28.7 Å². The van der Waals surface area contributed by atoms with Crippen LogP contribution in [0, 0.1) is 17.0 Å². The first-order valence-electron chi connectivity index (χ1n) is 7.10. The van der Waals surface area contributed by atoms with E-state index in [4.69, 9.17) is 0 Å². The molecule has 2 rings (SSSR count). The number of rotatable bonds is 7. The van der Waals surface area contributed by atoms with Crippen molar-refractivity contribution in [3.8, 4) is 0 Å². The molecule has 0 unspecified atom stereocenters. The predicted octanol–water partition coefficient (Wildman–Crippen LogP) is 2.88. The van der Waals surface area contributed by atoms with Crippen molar-refractivity contribution in [3.63, 3.8) is 0 Å². The molecule has 122 valence electrons. The van der Waals surface area contributed by atoms with Gasteiger partial charge in [-0.1, -0.05) is 12.1 Å². The number of carbonyl (C=O) groups excluding carboxylic acids is 1. The summed E-state index contributed by atoms with van der Waals surface area (Å²) < 4.78 is 0. The number of anilines is 1. The van der Waals surface area contributed by atoms with Crippen molar-refractivity contribution in [3.05, 3.63) is 56.3 Å². The first-order chi connectivity index (χ1) is 11.1. The van der Waals surface area contributed by atoms with Gasteiger partial charge in [0.05, 0.1) is 11.5 Å². The SMILES string of the molecule is Cc1ccsc1CNC(=O)NCCNc1ccccc1[N+](=O)[O-]. The molecular formula is C15H18N4O3S. The Hall–Kier alpha value is -2.61. The van der Waals surface area contributed by atoms with Crippen molar-refractivity contribution in [2.45, 2.75) is 13.5 Å². The Balaban J connectivity index is 1.70. The second-order valence-corrected chi connectivity index (χ2v) is 5.84. The third-order valence-electron chi connectivity index (χ3n) is 3.20. The molecule has 1 heterocycles. The average Bonchev–Trinajstić information content (AvgIpc) is 2.95. The summed E-state index contributed by atoms with van der Waals surface area (Å²) in [5.74, 6) is 0. The summed E-state index contributed by atoms with van der Waals surface area (Å²) in [7, 11) is 0. The van der Waals surface area contributed by atoms with Crippen molar-refractivity contribution in [1.29, 1.82) is 0 Å². The normalized spacial score (nSPS) is 10.1. The topological polar surface area (TPSA) is 96.3 Å². The number of nitrogens with one attached hydrogen (secondary N) is 3. The Kier molecular flexibility index (Phi) is 5.93. The van der Waals surface area contributed by atoms with E-state index < -0.39 is 4.92 Å². The summed E-state index contributed by atoms with van der Waals surface area (Å²) in [6.07, 6.45) is 0. The number of aryl methyl sites for hydroxylation is 1. The Labute approximate surface area is 137 Å². The summed E-state index contributed by atoms with van der Waals surface area (Å²) in [6.45, 7) is 3.26. The van der Waals surface area contributed by atoms with Crippen LogP contribution in [0.1, 0.15) is 10.4 Å². The average molecular weight is 334 g/mol. The lowest BCUT2D eigenvalue weighted by Crippen LogP contribution is -2.37. The summed E-state index contributed by atoms with van der Waals surface area (Å²) in [5, 5.41) is 21.3. The summed E-state index contributed by atoms with van der Waals surface area (Å²) in [4.78, 5) is 23.2. The van der Waals surface area contributed by atoms with Crippen molar-refractivity contribution < 1.29 is 9.72 Å². The first kappa shape index (κ1) is 16.8. The third kappa shape index (κ3) is 4.96. The fourth-order valence-corrected chi connectivity index (χ4v) is 2.81. The molecule has 0 aliphatic rings. The van der Waals surface area contributed by atoms with Crippen LogP contribution in [-0.2, 0) is 6.54 Å². The van der Waals surface area contributed by atoms with E-state index in [0.717, 1.165) is 10.4 Å². The fraction of sp³-hybridized carbons (Fsp3) is 0.267. The van der Waals surface area contributed by atoms with Gasteiger partial charge in [-0.05, 0) is 30.0 Å². The lowest BCUT2D eigenvalue weighted by molar-refractivity contribution is -0.384. The number of urea groups is 1. The van der Waals surface area contributed by atoms with Gasteiger partial charge in [0.25, 0.3) is 5.69 Å². The van der Waals surface area contributed by atoms with Gasteiger partial charge in [0.2, 0.25) is 0 Å². The van der Waals surface area contributed by atoms with E-state index in [2.05, 4.69) is 16.0 Å². The minimum Gasteiger partial charge on any atom is -0.378 e. The van der Waals surface area contributed by atoms with Crippen LogP contribution in [-0.4, -0.2) is 24.0 Å². The molecule has 0 saturated carbocycles. The van der Waals surface area contributed by atoms with Gasteiger partial charge in [-0.3, -0.25) is 10.1 Å². The van der Waals surface area contributed by atoms with E-state index in [0.29, 0.717) is 25.3 Å². The molecule has 2 amide bonds. The monoisotopic (exact) mass is 334 g/mol. The molecule has 1 aromatic heterocycles. The van der Waals surface area contributed by atoms with E-state index in [1.165, 1.54) is 6.07 Å². The summed E-state index contributed by atoms with van der Waals surface area (Å²) >= 11 is 1.60. The van der Waals surface area contributed by atoms with E-state index in [-0.39, 0.29) is 11.7 Å². The highest BCUT2D eigenvalue weighted by atomic mass is 32.1. The molecule has 0 radical (unpaired) electrons. The number of thiophene rings is 1. The third-order valence-corrected chi connectivity index (χ3v) is 4.23. The summed E-state index contributed by atoms with van der Waals surface area (Å²) in [6, 6.07) is 8.16. The van der Waals surface area contributed by atoms with Crippen LogP contribution in [0.25, 0.3) is 0 Å². The smallest absolute Gasteiger partial charge is 0.315 e. The Morgan fingerprint density at radius 3 is 2.70 bits per heavy atom. The van der Waals surface area contributed by atoms with Gasteiger partial charge < -0.3 is 16.0 Å². The van der Waals surface area contributed by atoms with Gasteiger partial charge in [-0.15, -0.1) is 11.3 Å². The van der Waals surface area contributed by atoms with Crippen LogP contribution >= 0.6 is 11.3 Å². The molecule has 0 atom stereocenters. The zero-order valence-corrected chi connectivity index (χ0v) is 13.5. The standard InChI is InChI=1S/C15H18N4O3S/c1-11-6-9-23-14(11)10-18-15(20)17-8-7-16-12-4-2-3-5-13(12)19(21)22/h2-6,9,16H,7-8,10H2,1H3,(H2,17,18,20). The van der Waals surface area contributed by atoms with E-state index in [9.17, 15) is 14.9 Å². The van der Waals surface area contributed by atoms with Crippen LogP contribution in [0.2, 0.25) is 0 Å². The Morgan fingerprint density at radius 2 is 2.00 bits per heavy atom. The van der Waals surface area contributed by atoms with Gasteiger partial charge in [0.1, 0.15) is 5.69 Å². The van der Waals surface area contributed by atoms with E-state index in [1.807, 2.05) is 18.4 Å². The number of nitrogens with zero attached hydrogens (tertiary/aromatic N) is 1. The molecular weight excluding hydrogens is 316 g/mol. The fourth-order valence-electron chi connectivity index (χ4n) is 1.96. The van der Waals surface area contributed by atoms with E-state index >= 15 is 0 Å². The molecule has 23 heavy (non-hydrogen) atoms. The zero-order chi connectivity index (χ0) is 16.7. The summed E-state index contributed by atoms with van der Waals surface area (Å²) in [5.41, 5.74) is 1.62. The van der Waals surface area contributed by atoms with E-state index in [1.54, 1.807) is 29.5 Å². The Morgan fingerprint density at radius 1 is 1.22 bits per heavy atom. The number of hydrogen-bond acceptors (Lipinski definition) is 5. The lowest BCUT2D eigenvalue weighted by atomic mass is 10.2. The van der Waals surface area contributed by atoms with Crippen molar-refractivity contribution in [1.82, 2.24) is 10.6 Å². The van der Waals surface area contributed by atoms with Crippen LogP contribution in [0.15, 0.2) is 35.7 Å². The van der Waals surface area contributed by atoms with Crippen LogP contribution in [0.5, 0.6) is 0 Å². The molecule has 8 heteroatoms. The van der Waals surface area contributed by atoms with Crippen molar-refractivity contribution in [2.24, 2.45) is 0 Å². The second kappa shape index (κ2) is 8.14. The minimum atomic E-state index is -0.439. The van der Waals surface area contributed by atoms with Crippen LogP contribution < -0.4 is 16.0 Å². The number of para-hydroxylation sites is 2. The highest BCUT2D eigenvalue weighted by Crippen LogP contribution is 2.22. The maximum absolute atomic E-state index is 11.7. The molecule has 0 spiro atoms. The van der Waals surface area contributed by atoms with Gasteiger partial charge in [-0.2, -0.15) is 0 Å². The number of nitro groups is 1. The number of benzene rings is 1. The van der Waals surface area contributed by atoms with Gasteiger partial charge in [0, 0.05) is 24.0 Å². The largest absolute Gasteiger partial charge is 0.378 e. The van der Waals surface area contributed by atoms with Crippen LogP contribution in [0.4, 0.5) is 16.2 Å². The predicted molar refractivity (Wildman–Crippen MR) is 90.9 cm³/mol. The molecule has 0 fully saturated rings. The number of amides is 2. The first-order valence-corrected chi connectivity index (χ1v) is 7.98. The highest BCUT2D eigenvalue weighted by molar-refractivity contribution is 7.10. The molecule has 1 aromatic carbocycles. The molecule has 7 nitrogen and oxygen atoms in total. The maximum atomic E-state index is 11.7. The second-order valence-electron chi connectivity index (χ2n) is 4.84. The molecule has 0 aliphatic carbocycles. The molecule has 3 N–H and O–H groups in total. The molecule has 0 saturated heterocycles. The molecule has 0 aliphatic heterocycles. The number of carbonyl (C=O) groups is 1. The zero-order valence-electron chi connectivity index (χ0n) is 12.7. The van der Waals surface area contributed by atoms with Gasteiger partial charge in [0.15, 0.2) is 0 Å². The van der Waals surface area contributed by atoms with Gasteiger partial charge >= 0.3 is 6.03 Å². The lowest BCUT2D eigenvalue weighted by Gasteiger charge is -2.09. The quantitative estimate of drug-likeness (QED) is 0.412.